The van der Waals surface area contributed by atoms with Crippen LogP contribution in [0.3, 0.4) is 0 Å². The average molecular weight is 472 g/mol. The molecule has 2 amide bonds. The first kappa shape index (κ1) is 20.9. The molecule has 160 valence electrons. The van der Waals surface area contributed by atoms with Crippen molar-refractivity contribution >= 4 is 52.6 Å². The molecule has 0 spiro atoms. The maximum atomic E-state index is 12.6. The summed E-state index contributed by atoms with van der Waals surface area (Å²) < 4.78 is 1.46. The largest absolute Gasteiger partial charge is 0.481 e. The molecule has 0 radical (unpaired) electrons. The molecular weight excluding hydrogens is 454 g/mol. The molecule has 3 atom stereocenters. The van der Waals surface area contributed by atoms with E-state index >= 15 is 0 Å². The van der Waals surface area contributed by atoms with Crippen molar-refractivity contribution in [2.45, 2.75) is 23.0 Å². The first-order chi connectivity index (χ1) is 14.3. The highest BCUT2D eigenvalue weighted by molar-refractivity contribution is 8.00. The smallest absolute Gasteiger partial charge is 0.313 e. The Morgan fingerprint density at radius 2 is 2.27 bits per heavy atom. The number of carboxylic acids is 1. The van der Waals surface area contributed by atoms with Crippen molar-refractivity contribution in [3.8, 4) is 0 Å². The Labute approximate surface area is 181 Å². The van der Waals surface area contributed by atoms with Crippen LogP contribution in [0.1, 0.15) is 5.69 Å². The van der Waals surface area contributed by atoms with Crippen LogP contribution in [0.25, 0.3) is 0 Å². The number of hydrogen-bond acceptors (Lipinski definition) is 10. The van der Waals surface area contributed by atoms with Crippen LogP contribution >= 0.6 is 34.9 Å². The summed E-state index contributed by atoms with van der Waals surface area (Å²) in [6.45, 7) is 0.0569. The summed E-state index contributed by atoms with van der Waals surface area (Å²) >= 11 is 3.53. The van der Waals surface area contributed by atoms with Gasteiger partial charge in [-0.3, -0.25) is 19.2 Å². The van der Waals surface area contributed by atoms with Crippen molar-refractivity contribution in [3.05, 3.63) is 20.7 Å². The Morgan fingerprint density at radius 1 is 1.47 bits per heavy atom. The monoisotopic (exact) mass is 471 g/mol. The van der Waals surface area contributed by atoms with Gasteiger partial charge in [-0.05, 0) is 10.4 Å². The van der Waals surface area contributed by atoms with E-state index in [4.69, 9.17) is 0 Å². The quantitative estimate of drug-likeness (QED) is 0.329. The third-order valence-electron chi connectivity index (χ3n) is 4.90. The number of aromatic nitrogens is 5. The van der Waals surface area contributed by atoms with Gasteiger partial charge in [0.15, 0.2) is 0 Å². The van der Waals surface area contributed by atoms with Gasteiger partial charge < -0.3 is 20.3 Å². The van der Waals surface area contributed by atoms with Gasteiger partial charge in [-0.2, -0.15) is 0 Å². The molecule has 2 saturated heterocycles. The number of carboxylic acid groups (broad SMARTS) is 1. The normalized spacial score (nSPS) is 25.5. The molecule has 4 rings (SSSR count). The third kappa shape index (κ3) is 3.83. The Kier molecular flexibility index (Phi) is 5.59. The molecule has 0 bridgehead atoms. The SMILES string of the molecule is Cn1nnnc1SCC1(C(=O)O)CS[C@@H]2C(NC(=O)Cc3csc(=O)[nH]3)C(=O)N2C1. The standard InChI is InChI=1S/C15H17N7O5S3/c1-21-13(18-19-20-21)30-6-15(12(25)26)4-22-10(24)9(11(22)29-5-15)17-8(23)2-7-3-28-14(27)16-7/h3,9,11H,2,4-6H2,1H3,(H,16,27)(H,17,23)(H,25,26)/t9?,11-,15?/m1/s1. The minimum absolute atomic E-state index is 0.0264. The van der Waals surface area contributed by atoms with Gasteiger partial charge in [0.05, 0.1) is 6.42 Å². The van der Waals surface area contributed by atoms with Crippen molar-refractivity contribution in [1.29, 1.82) is 0 Å². The van der Waals surface area contributed by atoms with E-state index in [0.717, 1.165) is 11.3 Å². The lowest BCUT2D eigenvalue weighted by Gasteiger charge is -2.53. The maximum Gasteiger partial charge on any atom is 0.313 e. The Balaban J connectivity index is 1.38. The first-order valence-electron chi connectivity index (χ1n) is 8.76. The van der Waals surface area contributed by atoms with Crippen molar-refractivity contribution in [2.24, 2.45) is 12.5 Å². The molecule has 2 unspecified atom stereocenters. The zero-order valence-electron chi connectivity index (χ0n) is 15.6. The molecule has 0 aliphatic carbocycles. The number of thioether (sulfide) groups is 2. The van der Waals surface area contributed by atoms with E-state index in [1.54, 1.807) is 12.4 Å². The molecule has 0 aromatic carbocycles. The van der Waals surface area contributed by atoms with Gasteiger partial charge in [0.1, 0.15) is 16.8 Å². The summed E-state index contributed by atoms with van der Waals surface area (Å²) in [7, 11) is 1.67. The van der Waals surface area contributed by atoms with Crippen LogP contribution in [0.5, 0.6) is 0 Å². The van der Waals surface area contributed by atoms with E-state index in [9.17, 15) is 24.3 Å². The zero-order valence-corrected chi connectivity index (χ0v) is 18.1. The minimum Gasteiger partial charge on any atom is -0.481 e. The molecule has 2 aliphatic rings. The molecule has 2 aromatic heterocycles. The molecule has 2 fully saturated rings. The molecule has 0 saturated carbocycles. The number of carbonyl (C=O) groups is 3. The van der Waals surface area contributed by atoms with Crippen molar-refractivity contribution in [1.82, 2.24) is 35.4 Å². The summed E-state index contributed by atoms with van der Waals surface area (Å²) in [5.41, 5.74) is -0.652. The molecule has 2 aliphatic heterocycles. The Hall–Kier alpha value is -2.39. The molecule has 15 heteroatoms. The van der Waals surface area contributed by atoms with Gasteiger partial charge in [-0.1, -0.05) is 23.1 Å². The Bertz CT molecular complexity index is 1050. The second-order valence-corrected chi connectivity index (χ2v) is 9.91. The first-order valence-corrected chi connectivity index (χ1v) is 11.7. The van der Waals surface area contributed by atoms with Crippen LogP contribution in [0.2, 0.25) is 0 Å². The highest BCUT2D eigenvalue weighted by Crippen LogP contribution is 2.44. The number of β-lactam (4-membered cyclic amide) rings is 1. The topological polar surface area (TPSA) is 163 Å². The minimum atomic E-state index is -1.14. The number of nitrogens with one attached hydrogen (secondary N) is 2. The lowest BCUT2D eigenvalue weighted by Crippen LogP contribution is -2.74. The van der Waals surface area contributed by atoms with Crippen molar-refractivity contribution in [2.75, 3.05) is 18.1 Å². The highest BCUT2D eigenvalue weighted by atomic mass is 32.2. The molecule has 3 N–H and O–H groups in total. The average Bonchev–Trinajstić information content (AvgIpc) is 3.31. The molecule has 2 aromatic rings. The number of amides is 2. The number of hydrogen-bond donors (Lipinski definition) is 3. The van der Waals surface area contributed by atoms with Gasteiger partial charge in [0.25, 0.3) is 0 Å². The van der Waals surface area contributed by atoms with Crippen LogP contribution in [0.4, 0.5) is 0 Å². The van der Waals surface area contributed by atoms with Gasteiger partial charge in [0.2, 0.25) is 17.0 Å². The summed E-state index contributed by atoms with van der Waals surface area (Å²) in [6.07, 6.45) is -0.0264. The van der Waals surface area contributed by atoms with E-state index in [1.165, 1.54) is 33.1 Å². The van der Waals surface area contributed by atoms with Gasteiger partial charge in [0, 0.05) is 36.2 Å². The summed E-state index contributed by atoms with van der Waals surface area (Å²) in [5, 5.41) is 25.4. The second kappa shape index (κ2) is 8.03. The Morgan fingerprint density at radius 3 is 2.90 bits per heavy atom. The molecule has 30 heavy (non-hydrogen) atoms. The van der Waals surface area contributed by atoms with E-state index in [0.29, 0.717) is 16.6 Å². The number of aromatic amines is 1. The number of thiazole rings is 1. The van der Waals surface area contributed by atoms with E-state index in [1.807, 2.05) is 0 Å². The second-order valence-electron chi connectivity index (χ2n) is 7.02. The number of tetrazole rings is 1. The van der Waals surface area contributed by atoms with E-state index < -0.39 is 17.4 Å². The van der Waals surface area contributed by atoms with Crippen LogP contribution < -0.4 is 10.2 Å². The summed E-state index contributed by atoms with van der Waals surface area (Å²) in [5.74, 6) is -1.17. The lowest BCUT2D eigenvalue weighted by atomic mass is 9.89. The summed E-state index contributed by atoms with van der Waals surface area (Å²) in [6, 6.07) is -0.699. The number of fused-ring (bicyclic) bond motifs is 1. The molecule has 12 nitrogen and oxygen atoms in total. The van der Waals surface area contributed by atoms with Gasteiger partial charge >= 0.3 is 10.8 Å². The number of aryl methyl sites for hydroxylation is 1. The fraction of sp³-hybridized carbons (Fsp3) is 0.533. The van der Waals surface area contributed by atoms with Crippen LogP contribution in [0.15, 0.2) is 15.3 Å². The third-order valence-corrected chi connectivity index (χ3v) is 8.50. The van der Waals surface area contributed by atoms with E-state index in [-0.39, 0.29) is 40.8 Å². The number of carbonyl (C=O) groups excluding carboxylic acids is 2. The van der Waals surface area contributed by atoms with Gasteiger partial charge in [-0.25, -0.2) is 4.68 Å². The maximum absolute atomic E-state index is 12.6. The molecular formula is C15H17N7O5S3. The van der Waals surface area contributed by atoms with Crippen molar-refractivity contribution < 1.29 is 19.5 Å². The fourth-order valence-corrected chi connectivity index (χ4v) is 6.54. The molecule has 4 heterocycles. The van der Waals surface area contributed by atoms with Gasteiger partial charge in [-0.15, -0.1) is 16.9 Å². The predicted molar refractivity (Wildman–Crippen MR) is 108 cm³/mol. The zero-order chi connectivity index (χ0) is 21.5. The van der Waals surface area contributed by atoms with Crippen LogP contribution in [-0.2, 0) is 27.9 Å². The van der Waals surface area contributed by atoms with Crippen molar-refractivity contribution in [3.63, 3.8) is 0 Å². The number of nitrogens with zero attached hydrogens (tertiary/aromatic N) is 5. The number of aliphatic carboxylic acids is 1. The fourth-order valence-electron chi connectivity index (χ4n) is 3.25. The number of rotatable bonds is 7. The predicted octanol–water partition coefficient (Wildman–Crippen LogP) is -1.23. The highest BCUT2D eigenvalue weighted by Gasteiger charge is 2.57. The van der Waals surface area contributed by atoms with E-state index in [2.05, 4.69) is 25.8 Å². The van der Waals surface area contributed by atoms with Crippen LogP contribution in [-0.4, -0.2) is 82.4 Å². The summed E-state index contributed by atoms with van der Waals surface area (Å²) in [4.78, 5) is 51.8. The van der Waals surface area contributed by atoms with Crippen LogP contribution in [0, 0.1) is 5.41 Å². The lowest BCUT2D eigenvalue weighted by molar-refractivity contribution is -0.157. The number of H-pyrrole nitrogens is 1.